The summed E-state index contributed by atoms with van der Waals surface area (Å²) in [6.45, 7) is -0.353. The number of likely N-dealkylation sites (N-methyl/N-ethyl adjacent to an activating group) is 1. The maximum absolute atomic E-state index is 12.8. The number of nitrogens with one attached hydrogen (secondary N) is 1. The van der Waals surface area contributed by atoms with Crippen molar-refractivity contribution in [2.45, 2.75) is 44.1 Å². The molecule has 0 aromatic carbocycles. The molecule has 1 saturated heterocycles. The molecule has 1 aromatic rings. The van der Waals surface area contributed by atoms with Crippen LogP contribution in [0, 0.1) is 0 Å². The van der Waals surface area contributed by atoms with Gasteiger partial charge in [-0.2, -0.15) is 0 Å². The Kier molecular flexibility index (Phi) is 4.94. The van der Waals surface area contributed by atoms with Gasteiger partial charge in [0.15, 0.2) is 5.13 Å². The first-order valence-corrected chi connectivity index (χ1v) is 9.34. The third kappa shape index (κ3) is 3.28. The van der Waals surface area contributed by atoms with Crippen molar-refractivity contribution in [2.75, 3.05) is 18.9 Å². The largest absolute Gasteiger partial charge is 0.369 e. The van der Waals surface area contributed by atoms with E-state index in [0.29, 0.717) is 23.7 Å². The SMILES string of the molecule is CN1C(=O)N(CC(=O)Nc2nc(CC(N)=O)cs2)C(=O)C12CCCCC2. The van der Waals surface area contributed by atoms with Gasteiger partial charge >= 0.3 is 6.03 Å². The maximum atomic E-state index is 12.8. The van der Waals surface area contributed by atoms with Gasteiger partial charge in [-0.05, 0) is 12.8 Å². The quantitative estimate of drug-likeness (QED) is 0.729. The Hall–Kier alpha value is -2.49. The van der Waals surface area contributed by atoms with Crippen molar-refractivity contribution in [2.24, 2.45) is 5.73 Å². The Morgan fingerprint density at radius 3 is 2.65 bits per heavy atom. The minimum Gasteiger partial charge on any atom is -0.369 e. The van der Waals surface area contributed by atoms with Crippen LogP contribution in [0.5, 0.6) is 0 Å². The number of rotatable bonds is 5. The highest BCUT2D eigenvalue weighted by molar-refractivity contribution is 7.13. The monoisotopic (exact) mass is 379 g/mol. The molecule has 2 heterocycles. The van der Waals surface area contributed by atoms with E-state index in [1.807, 2.05) is 0 Å². The standard InChI is InChI=1S/C16H21N5O4S/c1-20-15(25)21(13(24)16(20)5-3-2-4-6-16)8-12(23)19-14-18-10(9-26-14)7-11(17)22/h9H,2-8H2,1H3,(H2,17,22)(H,18,19,23). The molecule has 0 atom stereocenters. The zero-order valence-corrected chi connectivity index (χ0v) is 15.3. The fourth-order valence-corrected chi connectivity index (χ4v) is 4.32. The number of carbonyl (C=O) groups excluding carboxylic acids is 4. The molecule has 1 saturated carbocycles. The van der Waals surface area contributed by atoms with Gasteiger partial charge in [-0.1, -0.05) is 19.3 Å². The van der Waals surface area contributed by atoms with E-state index in [-0.39, 0.29) is 18.9 Å². The van der Waals surface area contributed by atoms with Crippen LogP contribution >= 0.6 is 11.3 Å². The lowest BCUT2D eigenvalue weighted by Crippen LogP contribution is -2.49. The predicted octanol–water partition coefficient (Wildman–Crippen LogP) is 0.706. The summed E-state index contributed by atoms with van der Waals surface area (Å²) in [4.78, 5) is 55.1. The van der Waals surface area contributed by atoms with E-state index in [4.69, 9.17) is 5.73 Å². The molecule has 1 aliphatic heterocycles. The molecule has 3 rings (SSSR count). The van der Waals surface area contributed by atoms with Crippen molar-refractivity contribution >= 4 is 40.2 Å². The third-order valence-corrected chi connectivity index (χ3v) is 5.75. The molecule has 5 amide bonds. The second-order valence-electron chi connectivity index (χ2n) is 6.66. The number of hydrogen-bond acceptors (Lipinski definition) is 6. The van der Waals surface area contributed by atoms with Gasteiger partial charge in [0.05, 0.1) is 12.1 Å². The van der Waals surface area contributed by atoms with Crippen molar-refractivity contribution in [1.29, 1.82) is 0 Å². The van der Waals surface area contributed by atoms with Crippen LogP contribution in [0.1, 0.15) is 37.8 Å². The van der Waals surface area contributed by atoms with Crippen molar-refractivity contribution in [3.63, 3.8) is 0 Å². The predicted molar refractivity (Wildman–Crippen MR) is 94.3 cm³/mol. The number of aromatic nitrogens is 1. The lowest BCUT2D eigenvalue weighted by Gasteiger charge is -2.35. The van der Waals surface area contributed by atoms with E-state index < -0.39 is 23.4 Å². The Balaban J connectivity index is 1.65. The minimum atomic E-state index is -0.800. The molecule has 0 radical (unpaired) electrons. The topological polar surface area (TPSA) is 126 Å². The van der Waals surface area contributed by atoms with E-state index in [9.17, 15) is 19.2 Å². The van der Waals surface area contributed by atoms with Crippen molar-refractivity contribution in [3.05, 3.63) is 11.1 Å². The number of nitrogens with zero attached hydrogens (tertiary/aromatic N) is 3. The van der Waals surface area contributed by atoms with Crippen LogP contribution in [-0.2, 0) is 20.8 Å². The molecule has 0 bridgehead atoms. The number of amides is 5. The molecule has 2 fully saturated rings. The van der Waals surface area contributed by atoms with Crippen LogP contribution in [0.15, 0.2) is 5.38 Å². The number of urea groups is 1. The minimum absolute atomic E-state index is 0.0111. The molecule has 10 heteroatoms. The molecule has 140 valence electrons. The molecule has 0 unspecified atom stereocenters. The molecular formula is C16H21N5O4S. The van der Waals surface area contributed by atoms with Crippen LogP contribution in [0.2, 0.25) is 0 Å². The van der Waals surface area contributed by atoms with E-state index >= 15 is 0 Å². The Labute approximate surface area is 154 Å². The molecule has 9 nitrogen and oxygen atoms in total. The van der Waals surface area contributed by atoms with Gasteiger partial charge in [-0.25, -0.2) is 9.78 Å². The normalized spacial score (nSPS) is 19.3. The summed E-state index contributed by atoms with van der Waals surface area (Å²) < 4.78 is 0. The average molecular weight is 379 g/mol. The zero-order valence-electron chi connectivity index (χ0n) is 14.5. The highest BCUT2D eigenvalue weighted by Crippen LogP contribution is 2.39. The molecule has 1 aliphatic carbocycles. The molecule has 26 heavy (non-hydrogen) atoms. The van der Waals surface area contributed by atoms with Gasteiger partial charge in [0.25, 0.3) is 5.91 Å². The van der Waals surface area contributed by atoms with E-state index in [0.717, 1.165) is 35.5 Å². The number of hydrogen-bond donors (Lipinski definition) is 2. The number of nitrogens with two attached hydrogens (primary N) is 1. The molecule has 1 spiro atoms. The molecule has 1 aromatic heterocycles. The fraction of sp³-hybridized carbons (Fsp3) is 0.562. The lowest BCUT2D eigenvalue weighted by molar-refractivity contribution is -0.136. The number of anilines is 1. The summed E-state index contributed by atoms with van der Waals surface area (Å²) >= 11 is 1.15. The Bertz CT molecular complexity index is 756. The third-order valence-electron chi connectivity index (χ3n) is 4.94. The number of thiazole rings is 1. The first kappa shape index (κ1) is 18.3. The lowest BCUT2D eigenvalue weighted by atomic mass is 9.81. The van der Waals surface area contributed by atoms with E-state index in [1.54, 1.807) is 12.4 Å². The van der Waals surface area contributed by atoms with Gasteiger partial charge < -0.3 is 16.0 Å². The fourth-order valence-electron chi connectivity index (χ4n) is 3.60. The van der Waals surface area contributed by atoms with Crippen LogP contribution in [0.3, 0.4) is 0 Å². The van der Waals surface area contributed by atoms with Crippen LogP contribution in [0.4, 0.5) is 9.93 Å². The van der Waals surface area contributed by atoms with E-state index in [2.05, 4.69) is 10.3 Å². The van der Waals surface area contributed by atoms with Crippen LogP contribution in [-0.4, -0.2) is 57.7 Å². The highest BCUT2D eigenvalue weighted by Gasteiger charge is 2.55. The van der Waals surface area contributed by atoms with E-state index in [1.165, 1.54) is 4.90 Å². The first-order chi connectivity index (χ1) is 12.3. The van der Waals surface area contributed by atoms with Gasteiger partial charge in [0.2, 0.25) is 11.8 Å². The van der Waals surface area contributed by atoms with Gasteiger partial charge in [0, 0.05) is 12.4 Å². The first-order valence-electron chi connectivity index (χ1n) is 8.46. The van der Waals surface area contributed by atoms with Gasteiger partial charge in [-0.15, -0.1) is 11.3 Å². The summed E-state index contributed by atoms with van der Waals surface area (Å²) in [6, 6.07) is -0.444. The average Bonchev–Trinajstić information content (AvgIpc) is 3.09. The van der Waals surface area contributed by atoms with Crippen molar-refractivity contribution < 1.29 is 19.2 Å². The highest BCUT2D eigenvalue weighted by atomic mass is 32.1. The number of imide groups is 1. The summed E-state index contributed by atoms with van der Waals surface area (Å²) in [5.74, 6) is -1.32. The molecule has 3 N–H and O–H groups in total. The van der Waals surface area contributed by atoms with Crippen LogP contribution < -0.4 is 11.1 Å². The number of carbonyl (C=O) groups is 4. The summed E-state index contributed by atoms with van der Waals surface area (Å²) in [5, 5.41) is 4.48. The van der Waals surface area contributed by atoms with Gasteiger partial charge in [0.1, 0.15) is 12.1 Å². The van der Waals surface area contributed by atoms with Crippen molar-refractivity contribution in [3.8, 4) is 0 Å². The molecular weight excluding hydrogens is 358 g/mol. The Morgan fingerprint density at radius 2 is 2.00 bits per heavy atom. The second kappa shape index (κ2) is 7.02. The maximum Gasteiger partial charge on any atom is 0.327 e. The summed E-state index contributed by atoms with van der Waals surface area (Å²) in [6.07, 6.45) is 4.10. The summed E-state index contributed by atoms with van der Waals surface area (Å²) in [7, 11) is 1.63. The Morgan fingerprint density at radius 1 is 1.31 bits per heavy atom. The van der Waals surface area contributed by atoms with Crippen LogP contribution in [0.25, 0.3) is 0 Å². The summed E-state index contributed by atoms with van der Waals surface area (Å²) in [5.41, 5.74) is 4.77. The second-order valence-corrected chi connectivity index (χ2v) is 7.52. The smallest absolute Gasteiger partial charge is 0.327 e. The zero-order chi connectivity index (χ0) is 18.9. The number of primary amides is 1. The van der Waals surface area contributed by atoms with Gasteiger partial charge in [-0.3, -0.25) is 19.3 Å². The molecule has 2 aliphatic rings. The van der Waals surface area contributed by atoms with Crippen molar-refractivity contribution in [1.82, 2.24) is 14.8 Å².